The van der Waals surface area contributed by atoms with E-state index in [0.717, 1.165) is 6.92 Å². The lowest BCUT2D eigenvalue weighted by Gasteiger charge is -2.17. The third-order valence-corrected chi connectivity index (χ3v) is 2.18. The molecule has 0 atom stereocenters. The third kappa shape index (κ3) is 2.09. The largest absolute Gasteiger partial charge is 0.297 e. The maximum atomic E-state index is 11.9. The first-order valence-electron chi connectivity index (χ1n) is 3.29. The average molecular weight is 213 g/mol. The van der Waals surface area contributed by atoms with E-state index < -0.39 is 35.6 Å². The van der Waals surface area contributed by atoms with Crippen molar-refractivity contribution in [2.45, 2.75) is 11.8 Å². The molecular formula is C7H7ClF2O3. The highest BCUT2D eigenvalue weighted by Crippen LogP contribution is 2.20. The minimum absolute atomic E-state index is 0.828. The first-order valence-corrected chi connectivity index (χ1v) is 3.67. The molecule has 6 heteroatoms. The Morgan fingerprint density at radius 2 is 1.46 bits per heavy atom. The topological polar surface area (TPSA) is 51.2 Å². The van der Waals surface area contributed by atoms with Crippen LogP contribution in [0, 0.1) is 0 Å². The molecule has 13 heavy (non-hydrogen) atoms. The minimum Gasteiger partial charge on any atom is -0.297 e. The van der Waals surface area contributed by atoms with Gasteiger partial charge >= 0.3 is 0 Å². The van der Waals surface area contributed by atoms with Crippen molar-refractivity contribution in [3.8, 4) is 0 Å². The Labute approximate surface area is 78.0 Å². The Hall–Kier alpha value is -0.840. The molecule has 0 fully saturated rings. The van der Waals surface area contributed by atoms with Gasteiger partial charge in [-0.25, -0.2) is 8.78 Å². The summed E-state index contributed by atoms with van der Waals surface area (Å²) < 4.78 is 23.8. The van der Waals surface area contributed by atoms with Crippen molar-refractivity contribution in [3.63, 3.8) is 0 Å². The van der Waals surface area contributed by atoms with Gasteiger partial charge in [0.15, 0.2) is 30.7 Å². The van der Waals surface area contributed by atoms with E-state index in [9.17, 15) is 23.2 Å². The lowest BCUT2D eigenvalue weighted by molar-refractivity contribution is -0.138. The number of carbonyl (C=O) groups excluding carboxylic acids is 3. The number of rotatable bonds is 5. The summed E-state index contributed by atoms with van der Waals surface area (Å²) in [7, 11) is 0. The minimum atomic E-state index is -2.68. The fourth-order valence-electron chi connectivity index (χ4n) is 0.732. The van der Waals surface area contributed by atoms with Gasteiger partial charge in [0.1, 0.15) is 0 Å². The molecule has 0 aliphatic heterocycles. The molecule has 0 spiro atoms. The molecule has 0 amide bonds. The highest BCUT2D eigenvalue weighted by molar-refractivity contribution is 6.58. The summed E-state index contributed by atoms with van der Waals surface area (Å²) in [6.45, 7) is -2.32. The summed E-state index contributed by atoms with van der Waals surface area (Å²) >= 11 is 5.25. The van der Waals surface area contributed by atoms with Crippen LogP contribution in [-0.4, -0.2) is 35.6 Å². The smallest absolute Gasteiger partial charge is 0.223 e. The predicted octanol–water partition coefficient (Wildman–Crippen LogP) is 0.630. The van der Waals surface area contributed by atoms with Gasteiger partial charge in [-0.2, -0.15) is 0 Å². The molecule has 0 saturated heterocycles. The van der Waals surface area contributed by atoms with Crippen LogP contribution in [0.4, 0.5) is 8.78 Å². The summed E-state index contributed by atoms with van der Waals surface area (Å²) in [6, 6.07) is 0. The molecule has 0 aromatic carbocycles. The van der Waals surface area contributed by atoms with E-state index in [1.165, 1.54) is 0 Å². The third-order valence-electron chi connectivity index (χ3n) is 1.50. The van der Waals surface area contributed by atoms with Gasteiger partial charge in [0.25, 0.3) is 0 Å². The van der Waals surface area contributed by atoms with Crippen molar-refractivity contribution in [2.75, 3.05) is 13.3 Å². The highest BCUT2D eigenvalue weighted by Gasteiger charge is 2.47. The maximum absolute atomic E-state index is 11.9. The van der Waals surface area contributed by atoms with E-state index in [1.807, 2.05) is 0 Å². The monoisotopic (exact) mass is 212 g/mol. The van der Waals surface area contributed by atoms with E-state index in [2.05, 4.69) is 0 Å². The molecule has 0 aromatic rings. The molecule has 3 nitrogen and oxygen atoms in total. The Morgan fingerprint density at radius 1 is 1.15 bits per heavy atom. The van der Waals surface area contributed by atoms with Gasteiger partial charge in [0.05, 0.1) is 0 Å². The van der Waals surface area contributed by atoms with E-state index in [-0.39, 0.29) is 0 Å². The van der Waals surface area contributed by atoms with Crippen LogP contribution in [0.25, 0.3) is 0 Å². The summed E-state index contributed by atoms with van der Waals surface area (Å²) in [5.74, 6) is -3.92. The number of hydrogen-bond donors (Lipinski definition) is 0. The number of carbonyl (C=O) groups is 3. The van der Waals surface area contributed by atoms with Gasteiger partial charge in [-0.3, -0.25) is 14.4 Å². The second kappa shape index (κ2) is 4.41. The summed E-state index contributed by atoms with van der Waals surface area (Å²) in [5.41, 5.74) is 0. The quantitative estimate of drug-likeness (QED) is 0.496. The molecule has 0 bridgehead atoms. The molecule has 0 aromatic heterocycles. The molecule has 0 saturated carbocycles. The summed E-state index contributed by atoms with van der Waals surface area (Å²) in [6.07, 6.45) is 0. The number of alkyl halides is 3. The van der Waals surface area contributed by atoms with Crippen LogP contribution in [0.15, 0.2) is 0 Å². The van der Waals surface area contributed by atoms with Gasteiger partial charge in [-0.05, 0) is 6.92 Å². The Balaban J connectivity index is 5.06. The Bertz CT molecular complexity index is 236. The van der Waals surface area contributed by atoms with Gasteiger partial charge in [0.2, 0.25) is 4.87 Å². The fraction of sp³-hybridized carbons (Fsp3) is 0.571. The fourth-order valence-corrected chi connectivity index (χ4v) is 0.833. The maximum Gasteiger partial charge on any atom is 0.223 e. The SMILES string of the molecule is CC(=O)C(Cl)(C(=O)CF)C(=O)CF. The normalized spacial score (nSPS) is 11.1. The average Bonchev–Trinajstić information content (AvgIpc) is 2.13. The summed E-state index contributed by atoms with van der Waals surface area (Å²) in [5, 5.41) is 0. The zero-order valence-electron chi connectivity index (χ0n) is 6.77. The second-order valence-electron chi connectivity index (χ2n) is 2.33. The molecule has 0 unspecified atom stereocenters. The van der Waals surface area contributed by atoms with Crippen LogP contribution in [0.5, 0.6) is 0 Å². The van der Waals surface area contributed by atoms with Crippen LogP contribution in [0.1, 0.15) is 6.92 Å². The van der Waals surface area contributed by atoms with Crippen molar-refractivity contribution in [1.82, 2.24) is 0 Å². The number of Topliss-reactive ketones (excluding diaryl/α,β-unsaturated/α-hetero) is 3. The standard InChI is InChI=1S/C7H7ClF2O3/c1-4(11)7(8,5(12)2-9)6(13)3-10/h2-3H2,1H3. The van der Waals surface area contributed by atoms with Crippen LogP contribution < -0.4 is 0 Å². The van der Waals surface area contributed by atoms with Gasteiger partial charge in [-0.1, -0.05) is 11.6 Å². The Kier molecular flexibility index (Phi) is 4.13. The van der Waals surface area contributed by atoms with Crippen molar-refractivity contribution in [3.05, 3.63) is 0 Å². The molecular weight excluding hydrogens is 206 g/mol. The van der Waals surface area contributed by atoms with Crippen molar-refractivity contribution >= 4 is 29.0 Å². The summed E-state index contributed by atoms with van der Waals surface area (Å²) in [4.78, 5) is 29.6. The van der Waals surface area contributed by atoms with E-state index in [4.69, 9.17) is 11.6 Å². The molecule has 0 heterocycles. The number of hydrogen-bond acceptors (Lipinski definition) is 3. The van der Waals surface area contributed by atoms with E-state index in [1.54, 1.807) is 0 Å². The van der Waals surface area contributed by atoms with Gasteiger partial charge < -0.3 is 0 Å². The van der Waals surface area contributed by atoms with Crippen LogP contribution in [0.2, 0.25) is 0 Å². The zero-order valence-corrected chi connectivity index (χ0v) is 7.53. The molecule has 74 valence electrons. The van der Waals surface area contributed by atoms with Crippen molar-refractivity contribution < 1.29 is 23.2 Å². The number of halogens is 3. The first-order chi connectivity index (χ1) is 5.91. The van der Waals surface area contributed by atoms with E-state index in [0.29, 0.717) is 0 Å². The second-order valence-corrected chi connectivity index (χ2v) is 2.90. The van der Waals surface area contributed by atoms with Crippen molar-refractivity contribution in [2.24, 2.45) is 0 Å². The van der Waals surface area contributed by atoms with Crippen LogP contribution in [0.3, 0.4) is 0 Å². The molecule has 0 N–H and O–H groups in total. The number of ketones is 3. The van der Waals surface area contributed by atoms with E-state index >= 15 is 0 Å². The van der Waals surface area contributed by atoms with Gasteiger partial charge in [-0.15, -0.1) is 0 Å². The first kappa shape index (κ1) is 12.2. The highest BCUT2D eigenvalue weighted by atomic mass is 35.5. The molecule has 0 aliphatic rings. The van der Waals surface area contributed by atoms with Crippen molar-refractivity contribution in [1.29, 1.82) is 0 Å². The van der Waals surface area contributed by atoms with Crippen LogP contribution >= 0.6 is 11.6 Å². The Morgan fingerprint density at radius 3 is 1.62 bits per heavy atom. The van der Waals surface area contributed by atoms with Gasteiger partial charge in [0, 0.05) is 0 Å². The predicted molar refractivity (Wildman–Crippen MR) is 41.2 cm³/mol. The molecule has 0 rings (SSSR count). The molecule has 0 radical (unpaired) electrons. The van der Waals surface area contributed by atoms with Crippen LogP contribution in [-0.2, 0) is 14.4 Å². The zero-order chi connectivity index (χ0) is 10.6. The molecule has 0 aliphatic carbocycles. The lowest BCUT2D eigenvalue weighted by atomic mass is 9.95. The lowest BCUT2D eigenvalue weighted by Crippen LogP contribution is -2.49.